The highest BCUT2D eigenvalue weighted by atomic mass is 32.2. The van der Waals surface area contributed by atoms with Crippen LogP contribution in [0.5, 0.6) is 0 Å². The summed E-state index contributed by atoms with van der Waals surface area (Å²) in [5.41, 5.74) is 0.971. The average Bonchev–Trinajstić information content (AvgIpc) is 2.41. The molecule has 1 fully saturated rings. The van der Waals surface area contributed by atoms with E-state index in [-0.39, 0.29) is 23.2 Å². The third kappa shape index (κ3) is 3.25. The molecule has 1 atom stereocenters. The maximum Gasteiger partial charge on any atom is 0.151 e. The minimum atomic E-state index is -2.92. The van der Waals surface area contributed by atoms with Crippen LogP contribution in [0.15, 0.2) is 12.2 Å². The fourth-order valence-corrected chi connectivity index (χ4v) is 3.37. The van der Waals surface area contributed by atoms with E-state index < -0.39 is 9.84 Å². The Labute approximate surface area is 85.1 Å². The Bertz CT molecular complexity index is 340. The molecule has 0 radical (unpaired) electrons. The van der Waals surface area contributed by atoms with Crippen molar-refractivity contribution in [2.24, 2.45) is 5.92 Å². The van der Waals surface area contributed by atoms with Crippen molar-refractivity contribution in [3.8, 4) is 0 Å². The van der Waals surface area contributed by atoms with Crippen LogP contribution in [0, 0.1) is 5.92 Å². The zero-order chi connectivity index (χ0) is 10.8. The number of allylic oxidation sites excluding steroid dienone is 1. The van der Waals surface area contributed by atoms with Gasteiger partial charge in [0.1, 0.15) is 5.78 Å². The highest BCUT2D eigenvalue weighted by Gasteiger charge is 2.32. The van der Waals surface area contributed by atoms with Crippen LogP contribution in [0.3, 0.4) is 0 Å². The predicted octanol–water partition coefficient (Wildman–Crippen LogP) is 1.35. The topological polar surface area (TPSA) is 51.2 Å². The smallest absolute Gasteiger partial charge is 0.151 e. The molecule has 1 aliphatic rings. The molecule has 0 bridgehead atoms. The monoisotopic (exact) mass is 216 g/mol. The summed E-state index contributed by atoms with van der Waals surface area (Å²) in [4.78, 5) is 11.5. The number of Topliss-reactive ketones (excluding diaryl/α,β-unsaturated/α-hetero) is 1. The van der Waals surface area contributed by atoms with E-state index in [9.17, 15) is 13.2 Å². The molecule has 0 aromatic carbocycles. The summed E-state index contributed by atoms with van der Waals surface area (Å²) in [6.45, 7) is 5.59. The number of sulfone groups is 1. The van der Waals surface area contributed by atoms with Gasteiger partial charge in [0.15, 0.2) is 9.84 Å². The summed E-state index contributed by atoms with van der Waals surface area (Å²) in [6.07, 6.45) is 1.63. The fourth-order valence-electron chi connectivity index (χ4n) is 1.59. The quantitative estimate of drug-likeness (QED) is 0.666. The molecule has 3 nitrogen and oxygen atoms in total. The maximum atomic E-state index is 11.5. The number of ketones is 1. The number of rotatable bonds is 4. The molecule has 1 aliphatic heterocycles. The van der Waals surface area contributed by atoms with E-state index in [0.29, 0.717) is 19.3 Å². The largest absolute Gasteiger partial charge is 0.299 e. The van der Waals surface area contributed by atoms with E-state index in [1.807, 2.05) is 6.92 Å². The second-order valence-corrected chi connectivity index (χ2v) is 6.25. The van der Waals surface area contributed by atoms with Crippen molar-refractivity contribution < 1.29 is 13.2 Å². The molecule has 0 aromatic heterocycles. The zero-order valence-corrected chi connectivity index (χ0v) is 9.27. The van der Waals surface area contributed by atoms with Crippen LogP contribution in [0.1, 0.15) is 26.2 Å². The lowest BCUT2D eigenvalue weighted by Gasteiger charge is -2.05. The van der Waals surface area contributed by atoms with Crippen LogP contribution in [0.25, 0.3) is 0 Å². The molecule has 4 heteroatoms. The standard InChI is InChI=1S/C10H16O3S/c1-8(2)3-4-10(11)9-5-6-14(12,13)7-9/h9H,1,3-7H2,2H3. The SMILES string of the molecule is C=C(C)CCC(=O)C1CCS(=O)(=O)C1. The second kappa shape index (κ2) is 4.26. The molecule has 0 N–H and O–H groups in total. The summed E-state index contributed by atoms with van der Waals surface area (Å²) in [7, 11) is -2.92. The molecule has 1 heterocycles. The number of carbonyl (C=O) groups excluding carboxylic acids is 1. The van der Waals surface area contributed by atoms with Gasteiger partial charge >= 0.3 is 0 Å². The Morgan fingerprint density at radius 1 is 1.43 bits per heavy atom. The summed E-state index contributed by atoms with van der Waals surface area (Å²) in [5, 5.41) is 0. The normalized spacial score (nSPS) is 24.8. The van der Waals surface area contributed by atoms with E-state index in [0.717, 1.165) is 5.57 Å². The minimum absolute atomic E-state index is 0.0576. The lowest BCUT2D eigenvalue weighted by molar-refractivity contribution is -0.122. The Kier molecular flexibility index (Phi) is 3.48. The van der Waals surface area contributed by atoms with Crippen molar-refractivity contribution >= 4 is 15.6 Å². The van der Waals surface area contributed by atoms with Crippen LogP contribution in [0.4, 0.5) is 0 Å². The van der Waals surface area contributed by atoms with Crippen LogP contribution < -0.4 is 0 Å². The molecular formula is C10H16O3S. The van der Waals surface area contributed by atoms with Gasteiger partial charge in [0.2, 0.25) is 0 Å². The Balaban J connectivity index is 2.44. The van der Waals surface area contributed by atoms with Crippen LogP contribution in [-0.4, -0.2) is 25.7 Å². The molecule has 0 aromatic rings. The van der Waals surface area contributed by atoms with Crippen LogP contribution >= 0.6 is 0 Å². The number of hydrogen-bond acceptors (Lipinski definition) is 3. The fraction of sp³-hybridized carbons (Fsp3) is 0.700. The first-order valence-corrected chi connectivity index (χ1v) is 6.60. The van der Waals surface area contributed by atoms with E-state index in [1.54, 1.807) is 0 Å². The van der Waals surface area contributed by atoms with Gasteiger partial charge in [-0.2, -0.15) is 0 Å². The summed E-state index contributed by atoms with van der Waals surface area (Å²) < 4.78 is 22.2. The molecule has 1 rings (SSSR count). The van der Waals surface area contributed by atoms with Gasteiger partial charge < -0.3 is 0 Å². The Hall–Kier alpha value is -0.640. The van der Waals surface area contributed by atoms with Crippen molar-refractivity contribution in [2.45, 2.75) is 26.2 Å². The molecule has 0 saturated carbocycles. The van der Waals surface area contributed by atoms with Crippen LogP contribution in [0.2, 0.25) is 0 Å². The lowest BCUT2D eigenvalue weighted by atomic mass is 9.98. The van der Waals surface area contributed by atoms with Gasteiger partial charge in [-0.3, -0.25) is 4.79 Å². The number of carbonyl (C=O) groups is 1. The van der Waals surface area contributed by atoms with Crippen molar-refractivity contribution in [3.63, 3.8) is 0 Å². The lowest BCUT2D eigenvalue weighted by Crippen LogP contribution is -2.15. The van der Waals surface area contributed by atoms with Gasteiger partial charge in [0.05, 0.1) is 11.5 Å². The molecular weight excluding hydrogens is 200 g/mol. The predicted molar refractivity (Wildman–Crippen MR) is 55.8 cm³/mol. The first kappa shape index (κ1) is 11.4. The van der Waals surface area contributed by atoms with Gasteiger partial charge in [0, 0.05) is 12.3 Å². The Morgan fingerprint density at radius 3 is 2.50 bits per heavy atom. The van der Waals surface area contributed by atoms with Crippen molar-refractivity contribution in [1.82, 2.24) is 0 Å². The van der Waals surface area contributed by atoms with Crippen molar-refractivity contribution in [1.29, 1.82) is 0 Å². The second-order valence-electron chi connectivity index (χ2n) is 4.02. The summed E-state index contributed by atoms with van der Waals surface area (Å²) in [6, 6.07) is 0. The van der Waals surface area contributed by atoms with E-state index in [1.165, 1.54) is 0 Å². The van der Waals surface area contributed by atoms with Crippen molar-refractivity contribution in [2.75, 3.05) is 11.5 Å². The van der Waals surface area contributed by atoms with E-state index >= 15 is 0 Å². The highest BCUT2D eigenvalue weighted by Crippen LogP contribution is 2.21. The van der Waals surface area contributed by atoms with Crippen molar-refractivity contribution in [3.05, 3.63) is 12.2 Å². The summed E-state index contributed by atoms with van der Waals surface area (Å²) >= 11 is 0. The average molecular weight is 216 g/mol. The maximum absolute atomic E-state index is 11.5. The van der Waals surface area contributed by atoms with Gasteiger partial charge in [-0.05, 0) is 19.8 Å². The molecule has 1 saturated heterocycles. The highest BCUT2D eigenvalue weighted by molar-refractivity contribution is 7.91. The van der Waals surface area contributed by atoms with E-state index in [2.05, 4.69) is 6.58 Å². The third-order valence-electron chi connectivity index (χ3n) is 2.49. The molecule has 0 aliphatic carbocycles. The molecule has 80 valence electrons. The first-order chi connectivity index (χ1) is 6.41. The zero-order valence-electron chi connectivity index (χ0n) is 8.45. The number of hydrogen-bond donors (Lipinski definition) is 0. The molecule has 0 spiro atoms. The molecule has 1 unspecified atom stereocenters. The van der Waals surface area contributed by atoms with Gasteiger partial charge in [-0.1, -0.05) is 5.57 Å². The van der Waals surface area contributed by atoms with Gasteiger partial charge in [0.25, 0.3) is 0 Å². The Morgan fingerprint density at radius 2 is 2.07 bits per heavy atom. The molecule has 0 amide bonds. The van der Waals surface area contributed by atoms with Crippen LogP contribution in [-0.2, 0) is 14.6 Å². The summed E-state index contributed by atoms with van der Waals surface area (Å²) in [5.74, 6) is 0.0619. The third-order valence-corrected chi connectivity index (χ3v) is 4.25. The molecule has 14 heavy (non-hydrogen) atoms. The first-order valence-electron chi connectivity index (χ1n) is 4.78. The van der Waals surface area contributed by atoms with Gasteiger partial charge in [-0.25, -0.2) is 8.42 Å². The minimum Gasteiger partial charge on any atom is -0.299 e. The van der Waals surface area contributed by atoms with Gasteiger partial charge in [-0.15, -0.1) is 6.58 Å². The van der Waals surface area contributed by atoms with E-state index in [4.69, 9.17) is 0 Å².